The van der Waals surface area contributed by atoms with E-state index in [4.69, 9.17) is 4.74 Å². The van der Waals surface area contributed by atoms with Gasteiger partial charge in [0.2, 0.25) is 5.88 Å². The minimum Gasteiger partial charge on any atom is -0.481 e. The van der Waals surface area contributed by atoms with Crippen LogP contribution < -0.4 is 4.74 Å². The number of hydrogen-bond acceptors (Lipinski definition) is 3. The molecule has 0 aliphatic heterocycles. The van der Waals surface area contributed by atoms with Crippen LogP contribution in [0, 0.1) is 0 Å². The van der Waals surface area contributed by atoms with Gasteiger partial charge in [0.1, 0.15) is 0 Å². The number of aromatic nitrogens is 2. The average Bonchev–Trinajstić information content (AvgIpc) is 2.30. The van der Waals surface area contributed by atoms with Crippen LogP contribution in [0.15, 0.2) is 42.7 Å². The summed E-state index contributed by atoms with van der Waals surface area (Å²) in [5, 5.41) is 0. The van der Waals surface area contributed by atoms with Gasteiger partial charge in [-0.1, -0.05) is 6.07 Å². The second kappa shape index (κ2) is 3.87. The lowest BCUT2D eigenvalue weighted by molar-refractivity contribution is 0.399. The predicted octanol–water partition coefficient (Wildman–Crippen LogP) is 2.15. The van der Waals surface area contributed by atoms with Crippen molar-refractivity contribution >= 4 is 0 Å². The van der Waals surface area contributed by atoms with Crippen LogP contribution in [0.5, 0.6) is 5.88 Å². The number of rotatable bonds is 2. The van der Waals surface area contributed by atoms with Gasteiger partial charge in [0.15, 0.2) is 0 Å². The fraction of sp³-hybridized carbons (Fsp3) is 0.0909. The van der Waals surface area contributed by atoms with Crippen molar-refractivity contribution in [2.75, 3.05) is 7.11 Å². The summed E-state index contributed by atoms with van der Waals surface area (Å²) in [6, 6.07) is 9.56. The highest BCUT2D eigenvalue weighted by atomic mass is 16.5. The molecule has 3 heteroatoms. The molecular formula is C11H10N2O. The normalized spacial score (nSPS) is 9.79. The van der Waals surface area contributed by atoms with Crippen molar-refractivity contribution in [3.8, 4) is 17.1 Å². The predicted molar refractivity (Wildman–Crippen MR) is 54.0 cm³/mol. The fourth-order valence-corrected chi connectivity index (χ4v) is 1.27. The van der Waals surface area contributed by atoms with Gasteiger partial charge >= 0.3 is 0 Å². The largest absolute Gasteiger partial charge is 0.481 e. The summed E-state index contributed by atoms with van der Waals surface area (Å²) in [7, 11) is 1.61. The Bertz CT molecular complexity index is 415. The van der Waals surface area contributed by atoms with Crippen LogP contribution in [0.2, 0.25) is 0 Å². The Balaban J connectivity index is 2.51. The third kappa shape index (κ3) is 1.57. The summed E-state index contributed by atoms with van der Waals surface area (Å²) in [6.07, 6.45) is 3.45. The van der Waals surface area contributed by atoms with Gasteiger partial charge in [-0.3, -0.25) is 4.98 Å². The van der Waals surface area contributed by atoms with Crippen LogP contribution in [0.3, 0.4) is 0 Å². The van der Waals surface area contributed by atoms with Crippen molar-refractivity contribution in [1.82, 2.24) is 9.97 Å². The van der Waals surface area contributed by atoms with E-state index in [0.29, 0.717) is 5.88 Å². The quantitative estimate of drug-likeness (QED) is 0.720. The summed E-state index contributed by atoms with van der Waals surface area (Å²) in [6.45, 7) is 0. The highest BCUT2D eigenvalue weighted by Crippen LogP contribution is 2.24. The Hall–Kier alpha value is -1.90. The minimum atomic E-state index is 0.603. The molecule has 0 amide bonds. The van der Waals surface area contributed by atoms with E-state index < -0.39 is 0 Å². The first-order valence-electron chi connectivity index (χ1n) is 4.32. The molecule has 2 aromatic heterocycles. The van der Waals surface area contributed by atoms with E-state index in [0.717, 1.165) is 11.3 Å². The minimum absolute atomic E-state index is 0.603. The van der Waals surface area contributed by atoms with Crippen molar-refractivity contribution in [2.24, 2.45) is 0 Å². The molecule has 0 bridgehead atoms. The van der Waals surface area contributed by atoms with Crippen LogP contribution in [0.25, 0.3) is 11.3 Å². The molecule has 0 unspecified atom stereocenters. The number of nitrogens with zero attached hydrogens (tertiary/aromatic N) is 2. The Morgan fingerprint density at radius 3 is 2.57 bits per heavy atom. The first kappa shape index (κ1) is 8.69. The molecule has 0 aliphatic carbocycles. The zero-order valence-electron chi connectivity index (χ0n) is 7.84. The molecule has 2 heterocycles. The van der Waals surface area contributed by atoms with E-state index in [-0.39, 0.29) is 0 Å². The van der Waals surface area contributed by atoms with Gasteiger partial charge in [-0.05, 0) is 24.3 Å². The third-order valence-electron chi connectivity index (χ3n) is 1.91. The fourth-order valence-electron chi connectivity index (χ4n) is 1.27. The van der Waals surface area contributed by atoms with Crippen molar-refractivity contribution in [3.63, 3.8) is 0 Å². The zero-order valence-corrected chi connectivity index (χ0v) is 7.84. The van der Waals surface area contributed by atoms with Crippen LogP contribution in [-0.4, -0.2) is 17.1 Å². The van der Waals surface area contributed by atoms with E-state index in [1.165, 1.54) is 0 Å². The molecule has 0 aliphatic rings. The maximum Gasteiger partial charge on any atom is 0.222 e. The van der Waals surface area contributed by atoms with Crippen LogP contribution in [0.4, 0.5) is 0 Å². The summed E-state index contributed by atoms with van der Waals surface area (Å²) < 4.78 is 5.15. The number of pyridine rings is 2. The van der Waals surface area contributed by atoms with Crippen molar-refractivity contribution in [1.29, 1.82) is 0 Å². The van der Waals surface area contributed by atoms with Crippen molar-refractivity contribution in [3.05, 3.63) is 42.7 Å². The maximum absolute atomic E-state index is 5.15. The summed E-state index contributed by atoms with van der Waals surface area (Å²) in [4.78, 5) is 8.35. The van der Waals surface area contributed by atoms with Crippen molar-refractivity contribution in [2.45, 2.75) is 0 Å². The second-order valence-electron chi connectivity index (χ2n) is 2.78. The van der Waals surface area contributed by atoms with Crippen LogP contribution in [0.1, 0.15) is 0 Å². The Morgan fingerprint density at radius 2 is 1.86 bits per heavy atom. The summed E-state index contributed by atoms with van der Waals surface area (Å²) in [5.41, 5.74) is 1.79. The molecule has 0 spiro atoms. The van der Waals surface area contributed by atoms with Gasteiger partial charge < -0.3 is 4.74 Å². The second-order valence-corrected chi connectivity index (χ2v) is 2.78. The lowest BCUT2D eigenvalue weighted by atomic mass is 10.2. The first-order valence-corrected chi connectivity index (χ1v) is 4.32. The van der Waals surface area contributed by atoms with E-state index in [2.05, 4.69) is 9.97 Å². The first-order chi connectivity index (χ1) is 6.92. The molecular weight excluding hydrogens is 176 g/mol. The highest BCUT2D eigenvalue weighted by Gasteiger charge is 2.05. The lowest BCUT2D eigenvalue weighted by Crippen LogP contribution is -1.91. The summed E-state index contributed by atoms with van der Waals surface area (Å²) in [5.74, 6) is 0.603. The Labute approximate surface area is 82.4 Å². The van der Waals surface area contributed by atoms with Gasteiger partial charge in [-0.25, -0.2) is 4.98 Å². The van der Waals surface area contributed by atoms with Gasteiger partial charge in [0.25, 0.3) is 0 Å². The van der Waals surface area contributed by atoms with Gasteiger partial charge in [0.05, 0.1) is 18.4 Å². The van der Waals surface area contributed by atoms with E-state index >= 15 is 0 Å². The average molecular weight is 186 g/mol. The molecule has 70 valence electrons. The number of ether oxygens (including phenoxy) is 1. The molecule has 2 aromatic rings. The topological polar surface area (TPSA) is 35.0 Å². The molecule has 0 saturated heterocycles. The molecule has 0 fully saturated rings. The van der Waals surface area contributed by atoms with Gasteiger partial charge in [0, 0.05) is 12.4 Å². The molecule has 0 N–H and O–H groups in total. The van der Waals surface area contributed by atoms with Crippen LogP contribution in [-0.2, 0) is 0 Å². The maximum atomic E-state index is 5.15. The standard InChI is InChI=1S/C11H10N2O/c1-14-11-9(5-4-8-13-11)10-6-2-3-7-12-10/h2-8H,1H3. The Morgan fingerprint density at radius 1 is 1.00 bits per heavy atom. The molecule has 0 atom stereocenters. The number of methoxy groups -OCH3 is 1. The molecule has 3 nitrogen and oxygen atoms in total. The highest BCUT2D eigenvalue weighted by molar-refractivity contribution is 5.64. The van der Waals surface area contributed by atoms with Gasteiger partial charge in [-0.2, -0.15) is 0 Å². The third-order valence-corrected chi connectivity index (χ3v) is 1.91. The van der Waals surface area contributed by atoms with Crippen LogP contribution >= 0.6 is 0 Å². The van der Waals surface area contributed by atoms with E-state index in [1.807, 2.05) is 30.3 Å². The summed E-state index contributed by atoms with van der Waals surface area (Å²) >= 11 is 0. The number of hydrogen-bond donors (Lipinski definition) is 0. The van der Waals surface area contributed by atoms with Gasteiger partial charge in [-0.15, -0.1) is 0 Å². The Kier molecular flexibility index (Phi) is 2.40. The smallest absolute Gasteiger partial charge is 0.222 e. The molecule has 14 heavy (non-hydrogen) atoms. The lowest BCUT2D eigenvalue weighted by Gasteiger charge is -2.04. The van der Waals surface area contributed by atoms with Crippen molar-refractivity contribution < 1.29 is 4.74 Å². The van der Waals surface area contributed by atoms with E-state index in [1.54, 1.807) is 19.5 Å². The monoisotopic (exact) mass is 186 g/mol. The zero-order chi connectivity index (χ0) is 9.80. The molecule has 0 saturated carbocycles. The molecule has 0 aromatic carbocycles. The molecule has 0 radical (unpaired) electrons. The SMILES string of the molecule is COc1ncccc1-c1ccccn1. The molecule has 2 rings (SSSR count). The van der Waals surface area contributed by atoms with E-state index in [9.17, 15) is 0 Å².